The SMILES string of the molecule is Nc1n[nH]c(C(=O)NCC2(O)CCC2)n1. The molecule has 82 valence electrons. The summed E-state index contributed by atoms with van der Waals surface area (Å²) in [4.78, 5) is 15.1. The standard InChI is InChI=1S/C8H13N5O2/c9-7-11-5(12-13-7)6(14)10-4-8(15)2-1-3-8/h15H,1-4H2,(H,10,14)(H3,9,11,12,13). The zero-order valence-corrected chi connectivity index (χ0v) is 8.16. The summed E-state index contributed by atoms with van der Waals surface area (Å²) in [6, 6.07) is 0. The Morgan fingerprint density at radius 3 is 2.87 bits per heavy atom. The van der Waals surface area contributed by atoms with E-state index >= 15 is 0 Å². The van der Waals surface area contributed by atoms with Gasteiger partial charge in [0.25, 0.3) is 5.91 Å². The molecule has 15 heavy (non-hydrogen) atoms. The number of nitrogens with zero attached hydrogens (tertiary/aromatic N) is 2. The van der Waals surface area contributed by atoms with Gasteiger partial charge < -0.3 is 16.2 Å². The van der Waals surface area contributed by atoms with Crippen molar-refractivity contribution in [3.8, 4) is 0 Å². The molecule has 1 amide bonds. The lowest BCUT2D eigenvalue weighted by Gasteiger charge is -2.36. The lowest BCUT2D eigenvalue weighted by molar-refractivity contribution is -0.0301. The molecule has 5 N–H and O–H groups in total. The van der Waals surface area contributed by atoms with Gasteiger partial charge in [0.05, 0.1) is 5.60 Å². The first-order valence-corrected chi connectivity index (χ1v) is 4.78. The number of anilines is 1. The molecule has 0 atom stereocenters. The third-order valence-electron chi connectivity index (χ3n) is 2.58. The number of carbonyl (C=O) groups is 1. The average Bonchev–Trinajstić information content (AvgIpc) is 2.58. The highest BCUT2D eigenvalue weighted by atomic mass is 16.3. The lowest BCUT2D eigenvalue weighted by atomic mass is 9.80. The van der Waals surface area contributed by atoms with Crippen molar-refractivity contribution in [3.63, 3.8) is 0 Å². The fourth-order valence-corrected chi connectivity index (χ4v) is 1.47. The van der Waals surface area contributed by atoms with Crippen molar-refractivity contribution < 1.29 is 9.90 Å². The number of H-pyrrole nitrogens is 1. The van der Waals surface area contributed by atoms with Crippen LogP contribution in [0.3, 0.4) is 0 Å². The number of aromatic amines is 1. The van der Waals surface area contributed by atoms with Crippen LogP contribution in [0.15, 0.2) is 0 Å². The van der Waals surface area contributed by atoms with Gasteiger partial charge in [-0.05, 0) is 19.3 Å². The smallest absolute Gasteiger partial charge is 0.288 e. The van der Waals surface area contributed by atoms with E-state index in [1.54, 1.807) is 0 Å². The molecule has 1 aromatic heterocycles. The van der Waals surface area contributed by atoms with E-state index in [1.807, 2.05) is 0 Å². The molecule has 0 saturated heterocycles. The van der Waals surface area contributed by atoms with Crippen LogP contribution in [0.2, 0.25) is 0 Å². The molecule has 1 heterocycles. The Balaban J connectivity index is 1.87. The lowest BCUT2D eigenvalue weighted by Crippen LogP contribution is -2.47. The predicted octanol–water partition coefficient (Wildman–Crippen LogP) is -0.968. The van der Waals surface area contributed by atoms with E-state index in [9.17, 15) is 9.90 Å². The molecule has 0 spiro atoms. The zero-order chi connectivity index (χ0) is 10.9. The van der Waals surface area contributed by atoms with Gasteiger partial charge in [-0.2, -0.15) is 4.98 Å². The van der Waals surface area contributed by atoms with Crippen molar-refractivity contribution in [2.45, 2.75) is 24.9 Å². The predicted molar refractivity (Wildman–Crippen MR) is 51.9 cm³/mol. The van der Waals surface area contributed by atoms with Gasteiger partial charge in [0.15, 0.2) is 0 Å². The molecular weight excluding hydrogens is 198 g/mol. The molecule has 0 aromatic carbocycles. The molecular formula is C8H13N5O2. The Labute approximate surface area is 86.1 Å². The number of aliphatic hydroxyl groups is 1. The molecule has 1 aliphatic carbocycles. The normalized spacial score (nSPS) is 18.2. The number of nitrogen functional groups attached to an aromatic ring is 1. The van der Waals surface area contributed by atoms with Crippen molar-refractivity contribution in [2.24, 2.45) is 0 Å². The Bertz CT molecular complexity index is 371. The van der Waals surface area contributed by atoms with E-state index in [1.165, 1.54) is 0 Å². The number of amides is 1. The number of aromatic nitrogens is 3. The van der Waals surface area contributed by atoms with Crippen molar-refractivity contribution in [2.75, 3.05) is 12.3 Å². The number of nitrogens with one attached hydrogen (secondary N) is 2. The molecule has 0 aliphatic heterocycles. The van der Waals surface area contributed by atoms with E-state index in [-0.39, 0.29) is 18.3 Å². The number of nitrogens with two attached hydrogens (primary N) is 1. The summed E-state index contributed by atoms with van der Waals surface area (Å²) in [5.41, 5.74) is 4.52. The minimum atomic E-state index is -0.735. The molecule has 0 unspecified atom stereocenters. The van der Waals surface area contributed by atoms with Gasteiger partial charge in [0.1, 0.15) is 0 Å². The number of rotatable bonds is 3. The fourth-order valence-electron chi connectivity index (χ4n) is 1.47. The Morgan fingerprint density at radius 2 is 2.40 bits per heavy atom. The van der Waals surface area contributed by atoms with E-state index in [2.05, 4.69) is 20.5 Å². The Morgan fingerprint density at radius 1 is 1.67 bits per heavy atom. The second kappa shape index (κ2) is 3.50. The van der Waals surface area contributed by atoms with Crippen LogP contribution >= 0.6 is 0 Å². The van der Waals surface area contributed by atoms with Gasteiger partial charge in [0, 0.05) is 6.54 Å². The summed E-state index contributed by atoms with van der Waals surface area (Å²) in [6.45, 7) is 0.242. The fraction of sp³-hybridized carbons (Fsp3) is 0.625. The molecule has 2 rings (SSSR count). The maximum absolute atomic E-state index is 11.4. The quantitative estimate of drug-likeness (QED) is 0.513. The van der Waals surface area contributed by atoms with Crippen LogP contribution in [-0.2, 0) is 0 Å². The van der Waals surface area contributed by atoms with Crippen molar-refractivity contribution >= 4 is 11.9 Å². The molecule has 7 heteroatoms. The zero-order valence-electron chi connectivity index (χ0n) is 8.16. The van der Waals surface area contributed by atoms with E-state index in [0.29, 0.717) is 0 Å². The largest absolute Gasteiger partial charge is 0.388 e. The van der Waals surface area contributed by atoms with Crippen molar-refractivity contribution in [1.29, 1.82) is 0 Å². The minimum absolute atomic E-state index is 0.0301. The van der Waals surface area contributed by atoms with E-state index < -0.39 is 11.5 Å². The third kappa shape index (κ3) is 2.07. The van der Waals surface area contributed by atoms with Crippen molar-refractivity contribution in [3.05, 3.63) is 5.82 Å². The summed E-state index contributed by atoms with van der Waals surface area (Å²) < 4.78 is 0. The molecule has 1 aliphatic rings. The minimum Gasteiger partial charge on any atom is -0.388 e. The number of hydrogen-bond donors (Lipinski definition) is 4. The third-order valence-corrected chi connectivity index (χ3v) is 2.58. The van der Waals surface area contributed by atoms with Gasteiger partial charge in [-0.1, -0.05) is 0 Å². The first-order chi connectivity index (χ1) is 7.09. The molecule has 1 saturated carbocycles. The topological polar surface area (TPSA) is 117 Å². The first-order valence-electron chi connectivity index (χ1n) is 4.78. The summed E-state index contributed by atoms with van der Waals surface area (Å²) in [7, 11) is 0. The second-order valence-electron chi connectivity index (χ2n) is 3.80. The molecule has 0 radical (unpaired) electrons. The Kier molecular flexibility index (Phi) is 2.31. The van der Waals surface area contributed by atoms with Crippen LogP contribution in [0.1, 0.15) is 29.9 Å². The maximum atomic E-state index is 11.4. The highest BCUT2D eigenvalue weighted by Gasteiger charge is 2.34. The summed E-state index contributed by atoms with van der Waals surface area (Å²) in [5, 5.41) is 18.2. The molecule has 1 fully saturated rings. The second-order valence-corrected chi connectivity index (χ2v) is 3.80. The molecule has 0 bridgehead atoms. The van der Waals surface area contributed by atoms with E-state index in [0.717, 1.165) is 19.3 Å². The summed E-state index contributed by atoms with van der Waals surface area (Å²) in [5.74, 6) is -0.308. The number of hydrogen-bond acceptors (Lipinski definition) is 5. The summed E-state index contributed by atoms with van der Waals surface area (Å²) >= 11 is 0. The van der Waals surface area contributed by atoms with Crippen LogP contribution in [0.25, 0.3) is 0 Å². The van der Waals surface area contributed by atoms with Gasteiger partial charge >= 0.3 is 0 Å². The van der Waals surface area contributed by atoms with Gasteiger partial charge in [-0.3, -0.25) is 9.89 Å². The van der Waals surface area contributed by atoms with Crippen molar-refractivity contribution in [1.82, 2.24) is 20.5 Å². The van der Waals surface area contributed by atoms with Crippen LogP contribution in [0.5, 0.6) is 0 Å². The molecule has 1 aromatic rings. The highest BCUT2D eigenvalue weighted by Crippen LogP contribution is 2.30. The number of carbonyl (C=O) groups excluding carboxylic acids is 1. The van der Waals surface area contributed by atoms with Gasteiger partial charge in [-0.25, -0.2) is 0 Å². The maximum Gasteiger partial charge on any atom is 0.288 e. The highest BCUT2D eigenvalue weighted by molar-refractivity contribution is 5.90. The van der Waals surface area contributed by atoms with Crippen LogP contribution < -0.4 is 11.1 Å². The van der Waals surface area contributed by atoms with Gasteiger partial charge in [-0.15, -0.1) is 5.10 Å². The molecule has 7 nitrogen and oxygen atoms in total. The van der Waals surface area contributed by atoms with Crippen LogP contribution in [0, 0.1) is 0 Å². The van der Waals surface area contributed by atoms with E-state index in [4.69, 9.17) is 5.73 Å². The monoisotopic (exact) mass is 211 g/mol. The average molecular weight is 211 g/mol. The van der Waals surface area contributed by atoms with Crippen LogP contribution in [-0.4, -0.2) is 38.3 Å². The van der Waals surface area contributed by atoms with Gasteiger partial charge in [0.2, 0.25) is 11.8 Å². The Hall–Kier alpha value is -1.63. The summed E-state index contributed by atoms with van der Waals surface area (Å²) in [6.07, 6.45) is 2.46. The first kappa shape index (κ1) is 9.91. The van der Waals surface area contributed by atoms with Crippen LogP contribution in [0.4, 0.5) is 5.95 Å².